The van der Waals surface area contributed by atoms with Gasteiger partial charge < -0.3 is 14.4 Å². The Morgan fingerprint density at radius 3 is 2.69 bits per heavy atom. The number of piperidine rings is 1. The normalized spacial score (nSPS) is 15.2. The van der Waals surface area contributed by atoms with E-state index in [0.717, 1.165) is 49.1 Å². The van der Waals surface area contributed by atoms with Crippen molar-refractivity contribution in [2.24, 2.45) is 0 Å². The molecular formula is C24H26ClFN2O4. The van der Waals surface area contributed by atoms with Crippen molar-refractivity contribution in [3.8, 4) is 5.75 Å². The lowest BCUT2D eigenvalue weighted by Gasteiger charge is -2.30. The minimum atomic E-state index is -0.317. The molecular weight excluding hydrogens is 435 g/mol. The number of esters is 1. The standard InChI is InChI=1S/C24H25FN2O4.ClH/c25-19-5-8-21-22(16-19)31-26-24(21)18-9-12-27(13-10-18)11-1-2-14-30-23(29)15-17-3-6-20(28)7-4-17;/h1-8,16,18,28H,9-15H2;1H. The molecule has 1 aliphatic rings. The molecule has 4 rings (SSSR count). The number of hydrogen-bond acceptors (Lipinski definition) is 6. The van der Waals surface area contributed by atoms with Crippen LogP contribution < -0.4 is 0 Å². The maximum Gasteiger partial charge on any atom is 0.310 e. The van der Waals surface area contributed by atoms with Crippen LogP contribution in [-0.2, 0) is 16.0 Å². The van der Waals surface area contributed by atoms with E-state index in [9.17, 15) is 14.3 Å². The molecule has 0 bridgehead atoms. The van der Waals surface area contributed by atoms with E-state index in [0.29, 0.717) is 11.5 Å². The molecule has 0 saturated carbocycles. The minimum absolute atomic E-state index is 0. The first kappa shape index (κ1) is 23.8. The Hall–Kier alpha value is -2.90. The molecule has 2 heterocycles. The summed E-state index contributed by atoms with van der Waals surface area (Å²) in [4.78, 5) is 14.2. The van der Waals surface area contributed by atoms with Crippen molar-refractivity contribution >= 4 is 29.3 Å². The Balaban J connectivity index is 0.00000289. The molecule has 32 heavy (non-hydrogen) atoms. The number of aromatic hydroxyl groups is 1. The van der Waals surface area contributed by atoms with Gasteiger partial charge in [0.2, 0.25) is 0 Å². The number of carbonyl (C=O) groups is 1. The number of phenolic OH excluding ortho intramolecular Hbond substituents is 1. The molecule has 0 atom stereocenters. The average Bonchev–Trinajstić information content (AvgIpc) is 3.18. The first-order valence-corrected chi connectivity index (χ1v) is 10.4. The van der Waals surface area contributed by atoms with Crippen molar-refractivity contribution in [3.05, 3.63) is 71.7 Å². The van der Waals surface area contributed by atoms with E-state index < -0.39 is 0 Å². The number of aromatic nitrogens is 1. The fraction of sp³-hybridized carbons (Fsp3) is 0.333. The molecule has 1 saturated heterocycles. The molecule has 2 aromatic carbocycles. The number of benzene rings is 2. The van der Waals surface area contributed by atoms with Gasteiger partial charge in [0.1, 0.15) is 18.2 Å². The summed E-state index contributed by atoms with van der Waals surface area (Å²) in [5.74, 6) is -0.125. The van der Waals surface area contributed by atoms with Crippen molar-refractivity contribution < 1.29 is 23.6 Å². The lowest BCUT2D eigenvalue weighted by Crippen LogP contribution is -2.33. The fourth-order valence-corrected chi connectivity index (χ4v) is 3.88. The zero-order chi connectivity index (χ0) is 21.6. The third-order valence-electron chi connectivity index (χ3n) is 5.59. The van der Waals surface area contributed by atoms with Crippen molar-refractivity contribution in [1.82, 2.24) is 10.1 Å². The monoisotopic (exact) mass is 460 g/mol. The summed E-state index contributed by atoms with van der Waals surface area (Å²) < 4.78 is 23.9. The first-order chi connectivity index (χ1) is 15.1. The van der Waals surface area contributed by atoms with Crippen LogP contribution in [-0.4, -0.2) is 47.4 Å². The summed E-state index contributed by atoms with van der Waals surface area (Å²) in [6.07, 6.45) is 6.00. The highest BCUT2D eigenvalue weighted by Gasteiger charge is 2.24. The second-order valence-electron chi connectivity index (χ2n) is 7.78. The molecule has 170 valence electrons. The summed E-state index contributed by atoms with van der Waals surface area (Å²) in [6.45, 7) is 2.91. The quantitative estimate of drug-likeness (QED) is 0.409. The van der Waals surface area contributed by atoms with Crippen molar-refractivity contribution in [2.45, 2.75) is 25.2 Å². The first-order valence-electron chi connectivity index (χ1n) is 10.4. The Morgan fingerprint density at radius 1 is 1.19 bits per heavy atom. The highest BCUT2D eigenvalue weighted by atomic mass is 35.5. The molecule has 8 heteroatoms. The van der Waals surface area contributed by atoms with Gasteiger partial charge in [0.25, 0.3) is 0 Å². The highest BCUT2D eigenvalue weighted by Crippen LogP contribution is 2.32. The molecule has 1 aliphatic heterocycles. The molecule has 1 aromatic heterocycles. The number of ether oxygens (including phenoxy) is 1. The van der Waals surface area contributed by atoms with E-state index >= 15 is 0 Å². The van der Waals surface area contributed by atoms with Crippen LogP contribution in [0.3, 0.4) is 0 Å². The number of carbonyl (C=O) groups excluding carboxylic acids is 1. The summed E-state index contributed by atoms with van der Waals surface area (Å²) in [5.41, 5.74) is 2.23. The van der Waals surface area contributed by atoms with Crippen LogP contribution in [0.5, 0.6) is 5.75 Å². The number of halogens is 2. The van der Waals surface area contributed by atoms with Gasteiger partial charge in [-0.3, -0.25) is 9.69 Å². The molecule has 0 amide bonds. The summed E-state index contributed by atoms with van der Waals surface area (Å²) in [6, 6.07) is 11.1. The number of nitrogens with zero attached hydrogens (tertiary/aromatic N) is 2. The van der Waals surface area contributed by atoms with Gasteiger partial charge in [-0.05, 0) is 61.8 Å². The number of phenols is 1. The smallest absolute Gasteiger partial charge is 0.310 e. The Bertz CT molecular complexity index is 1060. The Morgan fingerprint density at radius 2 is 1.94 bits per heavy atom. The zero-order valence-corrected chi connectivity index (χ0v) is 18.4. The molecule has 0 spiro atoms. The van der Waals surface area contributed by atoms with Crippen LogP contribution in [0.4, 0.5) is 4.39 Å². The maximum absolute atomic E-state index is 13.3. The average molecular weight is 461 g/mol. The second-order valence-corrected chi connectivity index (χ2v) is 7.78. The van der Waals surface area contributed by atoms with E-state index in [4.69, 9.17) is 9.26 Å². The SMILES string of the molecule is Cl.O=C(Cc1ccc(O)cc1)OCC=CCN1CCC(c2noc3cc(F)ccc23)CC1. The van der Waals surface area contributed by atoms with E-state index in [1.54, 1.807) is 30.3 Å². The Kier molecular flexibility index (Phi) is 8.25. The van der Waals surface area contributed by atoms with Crippen LogP contribution in [0.1, 0.15) is 30.0 Å². The molecule has 0 aliphatic carbocycles. The van der Waals surface area contributed by atoms with Crippen LogP contribution in [0.15, 0.2) is 59.1 Å². The van der Waals surface area contributed by atoms with Gasteiger partial charge in [-0.1, -0.05) is 23.4 Å². The van der Waals surface area contributed by atoms with Gasteiger partial charge in [-0.15, -0.1) is 12.4 Å². The predicted octanol–water partition coefficient (Wildman–Crippen LogP) is 4.62. The predicted molar refractivity (Wildman–Crippen MR) is 122 cm³/mol. The van der Waals surface area contributed by atoms with E-state index in [-0.39, 0.29) is 43.0 Å². The number of hydrogen-bond donors (Lipinski definition) is 1. The largest absolute Gasteiger partial charge is 0.508 e. The van der Waals surface area contributed by atoms with E-state index in [1.807, 2.05) is 12.2 Å². The third kappa shape index (κ3) is 6.08. The fourth-order valence-electron chi connectivity index (χ4n) is 3.88. The lowest BCUT2D eigenvalue weighted by atomic mass is 9.91. The second kappa shape index (κ2) is 11.1. The highest BCUT2D eigenvalue weighted by molar-refractivity contribution is 5.85. The van der Waals surface area contributed by atoms with E-state index in [2.05, 4.69) is 10.1 Å². The van der Waals surface area contributed by atoms with Gasteiger partial charge >= 0.3 is 5.97 Å². The molecule has 6 nitrogen and oxygen atoms in total. The minimum Gasteiger partial charge on any atom is -0.508 e. The summed E-state index contributed by atoms with van der Waals surface area (Å²) >= 11 is 0. The molecule has 0 radical (unpaired) electrons. The van der Waals surface area contributed by atoms with Gasteiger partial charge in [0.05, 0.1) is 12.1 Å². The number of rotatable bonds is 7. The van der Waals surface area contributed by atoms with Gasteiger partial charge in [-0.25, -0.2) is 4.39 Å². The number of fused-ring (bicyclic) bond motifs is 1. The van der Waals surface area contributed by atoms with Crippen LogP contribution >= 0.6 is 12.4 Å². The van der Waals surface area contributed by atoms with Crippen LogP contribution in [0.25, 0.3) is 11.0 Å². The zero-order valence-electron chi connectivity index (χ0n) is 17.6. The van der Waals surface area contributed by atoms with Gasteiger partial charge in [0, 0.05) is 23.9 Å². The van der Waals surface area contributed by atoms with Crippen LogP contribution in [0.2, 0.25) is 0 Å². The van der Waals surface area contributed by atoms with E-state index in [1.165, 1.54) is 12.1 Å². The Labute approximate surface area is 192 Å². The van der Waals surface area contributed by atoms with Crippen molar-refractivity contribution in [3.63, 3.8) is 0 Å². The summed E-state index contributed by atoms with van der Waals surface area (Å²) in [7, 11) is 0. The number of likely N-dealkylation sites (tertiary alicyclic amines) is 1. The van der Waals surface area contributed by atoms with Crippen molar-refractivity contribution in [2.75, 3.05) is 26.2 Å². The van der Waals surface area contributed by atoms with Crippen molar-refractivity contribution in [1.29, 1.82) is 0 Å². The summed E-state index contributed by atoms with van der Waals surface area (Å²) in [5, 5.41) is 14.3. The lowest BCUT2D eigenvalue weighted by molar-refractivity contribution is -0.141. The molecule has 1 fully saturated rings. The molecule has 0 unspecified atom stereocenters. The topological polar surface area (TPSA) is 75.8 Å². The van der Waals surface area contributed by atoms with Gasteiger partial charge in [-0.2, -0.15) is 0 Å². The van der Waals surface area contributed by atoms with Gasteiger partial charge in [0.15, 0.2) is 5.58 Å². The van der Waals surface area contributed by atoms with Crippen LogP contribution in [0, 0.1) is 5.82 Å². The third-order valence-corrected chi connectivity index (χ3v) is 5.59. The molecule has 3 aromatic rings. The molecule has 1 N–H and O–H groups in total. The maximum atomic E-state index is 13.3.